The van der Waals surface area contributed by atoms with E-state index in [9.17, 15) is 17.6 Å². The third-order valence-electron chi connectivity index (χ3n) is 2.88. The van der Waals surface area contributed by atoms with Crippen LogP contribution in [-0.2, 0) is 14.8 Å². The molecule has 0 spiro atoms. The van der Waals surface area contributed by atoms with E-state index in [0.717, 1.165) is 12.1 Å². The summed E-state index contributed by atoms with van der Waals surface area (Å²) in [6, 6.07) is 10.6. The largest absolute Gasteiger partial charge is 0.484 e. The van der Waals surface area contributed by atoms with Gasteiger partial charge < -0.3 is 10.1 Å². The zero-order chi connectivity index (χ0) is 16.9. The van der Waals surface area contributed by atoms with Crippen LogP contribution in [0.3, 0.4) is 0 Å². The third kappa shape index (κ3) is 4.68. The van der Waals surface area contributed by atoms with Crippen LogP contribution < -0.4 is 14.8 Å². The van der Waals surface area contributed by atoms with Crippen molar-refractivity contribution in [3.05, 3.63) is 54.3 Å². The summed E-state index contributed by atoms with van der Waals surface area (Å²) in [5, 5.41) is 2.41. The summed E-state index contributed by atoms with van der Waals surface area (Å²) >= 11 is 0. The lowest BCUT2D eigenvalue weighted by Crippen LogP contribution is -2.24. The van der Waals surface area contributed by atoms with E-state index in [2.05, 4.69) is 10.0 Å². The second-order valence-electron chi connectivity index (χ2n) is 4.55. The summed E-state index contributed by atoms with van der Waals surface area (Å²) in [5.74, 6) is -0.375. The first-order valence-electron chi connectivity index (χ1n) is 6.62. The number of carbonyl (C=O) groups excluding carboxylic acids is 1. The average Bonchev–Trinajstić information content (AvgIpc) is 2.55. The summed E-state index contributed by atoms with van der Waals surface area (Å²) in [6.07, 6.45) is 0. The molecule has 8 heteroatoms. The van der Waals surface area contributed by atoms with Gasteiger partial charge in [0.2, 0.25) is 0 Å². The van der Waals surface area contributed by atoms with Gasteiger partial charge in [-0.3, -0.25) is 9.52 Å². The van der Waals surface area contributed by atoms with Crippen molar-refractivity contribution in [1.29, 1.82) is 0 Å². The van der Waals surface area contributed by atoms with Gasteiger partial charge in [0.25, 0.3) is 15.9 Å². The van der Waals surface area contributed by atoms with Crippen LogP contribution in [-0.4, -0.2) is 28.0 Å². The standard InChI is InChI=1S/C15H15FN2O4S/c1-17-15(19)10-22-13-6-8-14(9-7-13)23(20,21)18-12-4-2-11(16)3-5-12/h2-9,18H,10H2,1H3,(H,17,19). The summed E-state index contributed by atoms with van der Waals surface area (Å²) < 4.78 is 44.8. The quantitative estimate of drug-likeness (QED) is 0.840. The molecule has 23 heavy (non-hydrogen) atoms. The van der Waals surface area contributed by atoms with Crippen LogP contribution in [0.2, 0.25) is 0 Å². The van der Waals surface area contributed by atoms with E-state index in [1.807, 2.05) is 0 Å². The molecule has 2 aromatic rings. The summed E-state index contributed by atoms with van der Waals surface area (Å²) in [5.41, 5.74) is 0.256. The Kier molecular flexibility index (Phi) is 5.17. The fourth-order valence-corrected chi connectivity index (χ4v) is 2.73. The highest BCUT2D eigenvalue weighted by Crippen LogP contribution is 2.19. The zero-order valence-corrected chi connectivity index (χ0v) is 13.1. The van der Waals surface area contributed by atoms with Crippen LogP contribution in [0.4, 0.5) is 10.1 Å². The van der Waals surface area contributed by atoms with Crippen molar-refractivity contribution in [3.63, 3.8) is 0 Å². The number of nitrogens with one attached hydrogen (secondary N) is 2. The van der Waals surface area contributed by atoms with Gasteiger partial charge in [0.05, 0.1) is 4.90 Å². The van der Waals surface area contributed by atoms with Crippen LogP contribution in [0, 0.1) is 5.82 Å². The molecule has 0 aromatic heterocycles. The van der Waals surface area contributed by atoms with Crippen LogP contribution in [0.25, 0.3) is 0 Å². The zero-order valence-electron chi connectivity index (χ0n) is 12.2. The molecular weight excluding hydrogens is 323 g/mol. The van der Waals surface area contributed by atoms with Gasteiger partial charge in [0, 0.05) is 12.7 Å². The number of hydrogen-bond donors (Lipinski definition) is 2. The number of amides is 1. The van der Waals surface area contributed by atoms with E-state index in [-0.39, 0.29) is 23.1 Å². The molecule has 0 unspecified atom stereocenters. The Labute approximate surface area is 133 Å². The minimum Gasteiger partial charge on any atom is -0.484 e. The Morgan fingerprint density at radius 2 is 1.70 bits per heavy atom. The van der Waals surface area contributed by atoms with E-state index in [1.165, 1.54) is 43.4 Å². The van der Waals surface area contributed by atoms with E-state index in [1.54, 1.807) is 0 Å². The maximum atomic E-state index is 12.8. The van der Waals surface area contributed by atoms with Gasteiger partial charge in [0.15, 0.2) is 6.61 Å². The molecule has 0 fully saturated rings. The molecule has 2 N–H and O–H groups in total. The van der Waals surface area contributed by atoms with E-state index < -0.39 is 15.8 Å². The molecule has 122 valence electrons. The number of ether oxygens (including phenoxy) is 1. The molecule has 0 bridgehead atoms. The molecule has 6 nitrogen and oxygen atoms in total. The number of benzene rings is 2. The molecule has 0 saturated heterocycles. The molecule has 2 aromatic carbocycles. The van der Waals surface area contributed by atoms with Crippen LogP contribution in [0.1, 0.15) is 0 Å². The number of halogens is 1. The van der Waals surface area contributed by atoms with Gasteiger partial charge in [-0.1, -0.05) is 0 Å². The van der Waals surface area contributed by atoms with Crippen molar-refractivity contribution in [2.45, 2.75) is 4.90 Å². The van der Waals surface area contributed by atoms with Crippen molar-refractivity contribution in [3.8, 4) is 5.75 Å². The molecule has 1 amide bonds. The molecule has 2 rings (SSSR count). The highest BCUT2D eigenvalue weighted by molar-refractivity contribution is 7.92. The number of likely N-dealkylation sites (N-methyl/N-ethyl adjacent to an activating group) is 1. The Morgan fingerprint density at radius 1 is 1.09 bits per heavy atom. The lowest BCUT2D eigenvalue weighted by atomic mass is 10.3. The van der Waals surface area contributed by atoms with Crippen molar-refractivity contribution in [2.75, 3.05) is 18.4 Å². The topological polar surface area (TPSA) is 84.5 Å². The second-order valence-corrected chi connectivity index (χ2v) is 6.23. The lowest BCUT2D eigenvalue weighted by Gasteiger charge is -2.09. The Bertz CT molecular complexity index is 774. The minimum atomic E-state index is -3.79. The molecular formula is C15H15FN2O4S. The summed E-state index contributed by atoms with van der Waals surface area (Å²) in [4.78, 5) is 11.1. The monoisotopic (exact) mass is 338 g/mol. The molecule has 0 aliphatic carbocycles. The SMILES string of the molecule is CNC(=O)COc1ccc(S(=O)(=O)Nc2ccc(F)cc2)cc1. The molecule has 0 aliphatic rings. The molecule has 0 radical (unpaired) electrons. The first-order valence-corrected chi connectivity index (χ1v) is 8.11. The van der Waals surface area contributed by atoms with Crippen LogP contribution >= 0.6 is 0 Å². The predicted molar refractivity (Wildman–Crippen MR) is 83.2 cm³/mol. The van der Waals surface area contributed by atoms with Gasteiger partial charge in [-0.15, -0.1) is 0 Å². The van der Waals surface area contributed by atoms with Crippen LogP contribution in [0.5, 0.6) is 5.75 Å². The van der Waals surface area contributed by atoms with Gasteiger partial charge in [-0.05, 0) is 48.5 Å². The maximum Gasteiger partial charge on any atom is 0.261 e. The van der Waals surface area contributed by atoms with Gasteiger partial charge >= 0.3 is 0 Å². The second kappa shape index (κ2) is 7.10. The Balaban J connectivity index is 2.08. The first kappa shape index (κ1) is 16.8. The van der Waals surface area contributed by atoms with Crippen molar-refractivity contribution >= 4 is 21.6 Å². The van der Waals surface area contributed by atoms with Gasteiger partial charge in [0.1, 0.15) is 11.6 Å². The Hall–Kier alpha value is -2.61. The maximum absolute atomic E-state index is 12.8. The van der Waals surface area contributed by atoms with Crippen molar-refractivity contribution in [1.82, 2.24) is 5.32 Å². The number of sulfonamides is 1. The molecule has 0 saturated carbocycles. The Morgan fingerprint density at radius 3 is 2.26 bits per heavy atom. The number of hydrogen-bond acceptors (Lipinski definition) is 4. The van der Waals surface area contributed by atoms with Crippen molar-refractivity contribution in [2.24, 2.45) is 0 Å². The molecule has 0 aliphatic heterocycles. The first-order chi connectivity index (χ1) is 10.9. The smallest absolute Gasteiger partial charge is 0.261 e. The van der Waals surface area contributed by atoms with Gasteiger partial charge in [-0.2, -0.15) is 0 Å². The lowest BCUT2D eigenvalue weighted by molar-refractivity contribution is -0.122. The minimum absolute atomic E-state index is 0.0223. The normalized spacial score (nSPS) is 10.9. The van der Waals surface area contributed by atoms with E-state index >= 15 is 0 Å². The number of carbonyl (C=O) groups is 1. The molecule has 0 heterocycles. The molecule has 0 atom stereocenters. The fraction of sp³-hybridized carbons (Fsp3) is 0.133. The van der Waals surface area contributed by atoms with Crippen molar-refractivity contribution < 1.29 is 22.3 Å². The summed E-state index contributed by atoms with van der Waals surface area (Å²) in [7, 11) is -2.30. The predicted octanol–water partition coefficient (Wildman–Crippen LogP) is 1.75. The fourth-order valence-electron chi connectivity index (χ4n) is 1.67. The third-order valence-corrected chi connectivity index (χ3v) is 4.28. The highest BCUT2D eigenvalue weighted by atomic mass is 32.2. The van der Waals surface area contributed by atoms with E-state index in [0.29, 0.717) is 5.75 Å². The number of anilines is 1. The highest BCUT2D eigenvalue weighted by Gasteiger charge is 2.14. The van der Waals surface area contributed by atoms with E-state index in [4.69, 9.17) is 4.74 Å². The summed E-state index contributed by atoms with van der Waals surface area (Å²) in [6.45, 7) is -0.156. The van der Waals surface area contributed by atoms with Gasteiger partial charge in [-0.25, -0.2) is 12.8 Å². The average molecular weight is 338 g/mol. The number of rotatable bonds is 6. The van der Waals surface area contributed by atoms with Crippen LogP contribution in [0.15, 0.2) is 53.4 Å².